The molecule has 2 rings (SSSR count). The fraction of sp³-hybridized carbons (Fsp3) is 0.286. The first kappa shape index (κ1) is 13.5. The summed E-state index contributed by atoms with van der Waals surface area (Å²) in [6, 6.07) is 6.85. The molecule has 0 fully saturated rings. The number of nitrogens with one attached hydrogen (secondary N) is 1. The summed E-state index contributed by atoms with van der Waals surface area (Å²) in [5.74, 6) is -0.131. The lowest BCUT2D eigenvalue weighted by molar-refractivity contribution is 0.0940. The van der Waals surface area contributed by atoms with Crippen LogP contribution in [0.3, 0.4) is 0 Å². The third-order valence-corrected chi connectivity index (χ3v) is 4.11. The minimum absolute atomic E-state index is 0.0979. The summed E-state index contributed by atoms with van der Waals surface area (Å²) in [6.45, 7) is 4.02. The van der Waals surface area contributed by atoms with Crippen LogP contribution in [-0.2, 0) is 6.42 Å². The van der Waals surface area contributed by atoms with Crippen LogP contribution in [0.4, 0.5) is 5.69 Å². The smallest absolute Gasteiger partial charge is 0.251 e. The molecule has 0 aliphatic rings. The highest BCUT2D eigenvalue weighted by Crippen LogP contribution is 2.20. The lowest BCUT2D eigenvalue weighted by atomic mass is 10.2. The number of anilines is 1. The monoisotopic (exact) mass is 275 g/mol. The molecule has 0 saturated carbocycles. The molecule has 0 aliphatic heterocycles. The van der Waals surface area contributed by atoms with Gasteiger partial charge < -0.3 is 11.1 Å². The molecule has 100 valence electrons. The van der Waals surface area contributed by atoms with Crippen molar-refractivity contribution in [3.63, 3.8) is 0 Å². The second kappa shape index (κ2) is 5.84. The Morgan fingerprint density at radius 2 is 2.32 bits per heavy atom. The Hall–Kier alpha value is -1.88. The van der Waals surface area contributed by atoms with Crippen molar-refractivity contribution in [3.8, 4) is 0 Å². The number of carbonyl (C=O) groups excluding carboxylic acids is 1. The van der Waals surface area contributed by atoms with Crippen LogP contribution in [0.1, 0.15) is 40.1 Å². The summed E-state index contributed by atoms with van der Waals surface area (Å²) in [4.78, 5) is 17.6. The molecule has 1 amide bonds. The molecule has 0 saturated heterocycles. The van der Waals surface area contributed by atoms with Gasteiger partial charge in [-0.2, -0.15) is 0 Å². The maximum Gasteiger partial charge on any atom is 0.251 e. The number of aryl methyl sites for hydroxylation is 1. The highest BCUT2D eigenvalue weighted by molar-refractivity contribution is 7.11. The van der Waals surface area contributed by atoms with E-state index in [9.17, 15) is 4.79 Å². The van der Waals surface area contributed by atoms with E-state index in [0.29, 0.717) is 11.3 Å². The van der Waals surface area contributed by atoms with E-state index in [1.165, 1.54) is 4.88 Å². The van der Waals surface area contributed by atoms with Crippen molar-refractivity contribution in [2.75, 3.05) is 5.73 Å². The third-order valence-electron chi connectivity index (χ3n) is 2.79. The molecule has 0 aliphatic carbocycles. The van der Waals surface area contributed by atoms with E-state index in [1.54, 1.807) is 35.6 Å². The number of benzene rings is 1. The van der Waals surface area contributed by atoms with E-state index in [-0.39, 0.29) is 11.9 Å². The number of nitrogen functional groups attached to an aromatic ring is 1. The number of thiazole rings is 1. The number of nitrogens with two attached hydrogens (primary N) is 1. The average Bonchev–Trinajstić information content (AvgIpc) is 2.87. The van der Waals surface area contributed by atoms with Crippen molar-refractivity contribution in [2.24, 2.45) is 0 Å². The number of rotatable bonds is 4. The molecule has 1 unspecified atom stereocenters. The second-order valence-corrected chi connectivity index (χ2v) is 5.49. The molecule has 19 heavy (non-hydrogen) atoms. The van der Waals surface area contributed by atoms with Crippen molar-refractivity contribution in [1.82, 2.24) is 10.3 Å². The molecule has 0 spiro atoms. The first-order valence-corrected chi connectivity index (χ1v) is 7.02. The Morgan fingerprint density at radius 3 is 2.95 bits per heavy atom. The van der Waals surface area contributed by atoms with Gasteiger partial charge in [-0.3, -0.25) is 4.79 Å². The topological polar surface area (TPSA) is 68.0 Å². The summed E-state index contributed by atoms with van der Waals surface area (Å²) >= 11 is 1.63. The summed E-state index contributed by atoms with van der Waals surface area (Å²) in [5.41, 5.74) is 6.82. The molecule has 0 radical (unpaired) electrons. The van der Waals surface area contributed by atoms with Gasteiger partial charge in [0.05, 0.1) is 6.04 Å². The van der Waals surface area contributed by atoms with Gasteiger partial charge in [0, 0.05) is 22.3 Å². The lowest BCUT2D eigenvalue weighted by Crippen LogP contribution is -2.26. The van der Waals surface area contributed by atoms with Crippen molar-refractivity contribution < 1.29 is 4.79 Å². The third kappa shape index (κ3) is 3.32. The number of hydrogen-bond donors (Lipinski definition) is 2. The zero-order valence-electron chi connectivity index (χ0n) is 11.0. The SMILES string of the molecule is CCc1cnc(C(C)NC(=O)c2cccc(N)c2)s1. The predicted octanol–water partition coefficient (Wildman–Crippen LogP) is 2.78. The molecule has 1 aromatic heterocycles. The van der Waals surface area contributed by atoms with Gasteiger partial charge in [0.15, 0.2) is 0 Å². The van der Waals surface area contributed by atoms with Gasteiger partial charge in [0.25, 0.3) is 5.91 Å². The van der Waals surface area contributed by atoms with Gasteiger partial charge >= 0.3 is 0 Å². The van der Waals surface area contributed by atoms with Crippen LogP contribution in [0.2, 0.25) is 0 Å². The zero-order chi connectivity index (χ0) is 13.8. The molecule has 5 heteroatoms. The van der Waals surface area contributed by atoms with Gasteiger partial charge in [-0.15, -0.1) is 11.3 Å². The Morgan fingerprint density at radius 1 is 1.53 bits per heavy atom. The summed E-state index contributed by atoms with van der Waals surface area (Å²) in [7, 11) is 0. The molecule has 4 nitrogen and oxygen atoms in total. The van der Waals surface area contributed by atoms with Gasteiger partial charge in [0.1, 0.15) is 5.01 Å². The van der Waals surface area contributed by atoms with E-state index >= 15 is 0 Å². The minimum Gasteiger partial charge on any atom is -0.399 e. The van der Waals surface area contributed by atoms with Crippen LogP contribution in [0.15, 0.2) is 30.5 Å². The standard InChI is InChI=1S/C14H17N3OS/c1-3-12-8-16-14(19-12)9(2)17-13(18)10-5-4-6-11(15)7-10/h4-9H,3,15H2,1-2H3,(H,17,18). The number of hydrogen-bond acceptors (Lipinski definition) is 4. The molecular formula is C14H17N3OS. The van der Waals surface area contributed by atoms with Crippen LogP contribution in [-0.4, -0.2) is 10.9 Å². The van der Waals surface area contributed by atoms with Crippen molar-refractivity contribution in [3.05, 3.63) is 45.9 Å². The second-order valence-electron chi connectivity index (χ2n) is 4.34. The molecular weight excluding hydrogens is 258 g/mol. The largest absolute Gasteiger partial charge is 0.399 e. The molecule has 1 aromatic carbocycles. The number of amides is 1. The molecule has 3 N–H and O–H groups in total. The summed E-state index contributed by atoms with van der Waals surface area (Å²) < 4.78 is 0. The zero-order valence-corrected chi connectivity index (χ0v) is 11.8. The summed E-state index contributed by atoms with van der Waals surface area (Å²) in [6.07, 6.45) is 2.83. The van der Waals surface area contributed by atoms with E-state index in [2.05, 4.69) is 17.2 Å². The summed E-state index contributed by atoms with van der Waals surface area (Å²) in [5, 5.41) is 3.86. The van der Waals surface area contributed by atoms with Crippen LogP contribution in [0.5, 0.6) is 0 Å². The van der Waals surface area contributed by atoms with Crippen LogP contribution in [0, 0.1) is 0 Å². The first-order valence-electron chi connectivity index (χ1n) is 6.21. The van der Waals surface area contributed by atoms with Crippen LogP contribution >= 0.6 is 11.3 Å². The molecule has 1 atom stereocenters. The van der Waals surface area contributed by atoms with Gasteiger partial charge in [-0.25, -0.2) is 4.98 Å². The van der Waals surface area contributed by atoms with E-state index < -0.39 is 0 Å². The van der Waals surface area contributed by atoms with Gasteiger partial charge in [-0.05, 0) is 31.5 Å². The molecule has 2 aromatic rings. The number of carbonyl (C=O) groups is 1. The fourth-order valence-corrected chi connectivity index (χ4v) is 2.57. The van der Waals surface area contributed by atoms with E-state index in [1.807, 2.05) is 13.1 Å². The van der Waals surface area contributed by atoms with Gasteiger partial charge in [0.2, 0.25) is 0 Å². The molecule has 0 bridgehead atoms. The van der Waals surface area contributed by atoms with E-state index in [4.69, 9.17) is 5.73 Å². The Labute approximate surface area is 116 Å². The Bertz CT molecular complexity index is 580. The highest BCUT2D eigenvalue weighted by atomic mass is 32.1. The van der Waals surface area contributed by atoms with Gasteiger partial charge in [-0.1, -0.05) is 13.0 Å². The normalized spacial score (nSPS) is 12.1. The Balaban J connectivity index is 2.06. The van der Waals surface area contributed by atoms with Crippen molar-refractivity contribution >= 4 is 22.9 Å². The quantitative estimate of drug-likeness (QED) is 0.843. The maximum atomic E-state index is 12.1. The highest BCUT2D eigenvalue weighted by Gasteiger charge is 2.14. The minimum atomic E-state index is -0.131. The van der Waals surface area contributed by atoms with Crippen LogP contribution < -0.4 is 11.1 Å². The predicted molar refractivity (Wildman–Crippen MR) is 78.2 cm³/mol. The number of aromatic nitrogens is 1. The maximum absolute atomic E-state index is 12.1. The van der Waals surface area contributed by atoms with Crippen molar-refractivity contribution in [2.45, 2.75) is 26.3 Å². The molecule has 1 heterocycles. The van der Waals surface area contributed by atoms with Crippen molar-refractivity contribution in [1.29, 1.82) is 0 Å². The average molecular weight is 275 g/mol. The van der Waals surface area contributed by atoms with Crippen LogP contribution in [0.25, 0.3) is 0 Å². The van der Waals surface area contributed by atoms with E-state index in [0.717, 1.165) is 11.4 Å². The Kier molecular flexibility index (Phi) is 4.16. The number of nitrogens with zero attached hydrogens (tertiary/aromatic N) is 1. The fourth-order valence-electron chi connectivity index (χ4n) is 1.71. The first-order chi connectivity index (χ1) is 9.10. The lowest BCUT2D eigenvalue weighted by Gasteiger charge is -2.11.